The van der Waals surface area contributed by atoms with E-state index < -0.39 is 8.07 Å². The first-order chi connectivity index (χ1) is 12.8. The highest BCUT2D eigenvalue weighted by Crippen LogP contribution is 2.34. The number of hydrogen-bond donors (Lipinski definition) is 0. The smallest absolute Gasteiger partial charge is 0.160 e. The second-order valence-electron chi connectivity index (χ2n) is 7.47. The molecule has 4 nitrogen and oxygen atoms in total. The Morgan fingerprint density at radius 1 is 1.15 bits per heavy atom. The van der Waals surface area contributed by atoms with Crippen molar-refractivity contribution in [2.24, 2.45) is 4.99 Å². The van der Waals surface area contributed by atoms with Crippen molar-refractivity contribution in [1.29, 1.82) is 0 Å². The van der Waals surface area contributed by atoms with Crippen LogP contribution in [0.15, 0.2) is 35.3 Å². The maximum absolute atomic E-state index is 6.49. The summed E-state index contributed by atoms with van der Waals surface area (Å²) in [7, 11) is -1.46. The number of aromatic nitrogens is 3. The van der Waals surface area contributed by atoms with Crippen molar-refractivity contribution in [1.82, 2.24) is 14.8 Å². The van der Waals surface area contributed by atoms with Crippen molar-refractivity contribution in [3.63, 3.8) is 0 Å². The van der Waals surface area contributed by atoms with Crippen LogP contribution in [-0.2, 0) is 6.54 Å². The van der Waals surface area contributed by atoms with Crippen molar-refractivity contribution in [2.45, 2.75) is 33.1 Å². The standard InChI is InChI=1S/C20H19ClN4SSi/c1-13-23-24-18-12-22-19(15-7-5-6-8-17(15)21)16-11-14(9-10-27(2,3)4)26-20(16)25(13)18/h5-8,11H,12H2,1-4H3. The van der Waals surface area contributed by atoms with Crippen LogP contribution in [0.1, 0.15) is 27.7 Å². The molecule has 7 heteroatoms. The van der Waals surface area contributed by atoms with Crippen molar-refractivity contribution in [2.75, 3.05) is 0 Å². The molecule has 0 spiro atoms. The summed E-state index contributed by atoms with van der Waals surface area (Å²) < 4.78 is 2.09. The predicted octanol–water partition coefficient (Wildman–Crippen LogP) is 4.87. The lowest BCUT2D eigenvalue weighted by atomic mass is 10.0. The van der Waals surface area contributed by atoms with Crippen LogP contribution in [0.5, 0.6) is 0 Å². The number of aliphatic imine (C=N–C) groups is 1. The second-order valence-corrected chi connectivity index (χ2v) is 13.7. The Labute approximate surface area is 169 Å². The molecule has 1 aliphatic rings. The van der Waals surface area contributed by atoms with Crippen molar-refractivity contribution >= 4 is 36.7 Å². The lowest BCUT2D eigenvalue weighted by Crippen LogP contribution is -2.16. The van der Waals surface area contributed by atoms with E-state index >= 15 is 0 Å². The molecule has 0 amide bonds. The first kappa shape index (κ1) is 18.2. The molecule has 27 heavy (non-hydrogen) atoms. The number of rotatable bonds is 1. The molecule has 0 saturated heterocycles. The molecule has 1 aromatic carbocycles. The minimum Gasteiger partial charge on any atom is -0.276 e. The first-order valence-electron chi connectivity index (χ1n) is 8.71. The van der Waals surface area contributed by atoms with E-state index in [2.05, 4.69) is 51.9 Å². The van der Waals surface area contributed by atoms with Crippen molar-refractivity contribution in [3.05, 3.63) is 63.0 Å². The van der Waals surface area contributed by atoms with E-state index in [4.69, 9.17) is 16.6 Å². The highest BCUT2D eigenvalue weighted by atomic mass is 35.5. The fourth-order valence-electron chi connectivity index (χ4n) is 2.92. The minimum atomic E-state index is -1.46. The third-order valence-corrected chi connectivity index (χ3v) is 6.37. The Balaban J connectivity index is 1.94. The Hall–Kier alpha value is -2.20. The van der Waals surface area contributed by atoms with Gasteiger partial charge in [0.15, 0.2) is 5.82 Å². The fraction of sp³-hybridized carbons (Fsp3) is 0.250. The van der Waals surface area contributed by atoms with Gasteiger partial charge in [-0.3, -0.25) is 9.56 Å². The molecule has 0 bridgehead atoms. The first-order valence-corrected chi connectivity index (χ1v) is 13.4. The van der Waals surface area contributed by atoms with Gasteiger partial charge in [0, 0.05) is 16.1 Å². The molecule has 0 N–H and O–H groups in total. The molecule has 1 aliphatic heterocycles. The van der Waals surface area contributed by atoms with Gasteiger partial charge in [0.25, 0.3) is 0 Å². The molecule has 0 saturated carbocycles. The van der Waals surface area contributed by atoms with Crippen molar-refractivity contribution < 1.29 is 0 Å². The summed E-state index contributed by atoms with van der Waals surface area (Å²) in [5.74, 6) is 5.07. The number of halogens is 1. The van der Waals surface area contributed by atoms with Crippen LogP contribution in [0.2, 0.25) is 24.7 Å². The molecule has 136 valence electrons. The largest absolute Gasteiger partial charge is 0.276 e. The Morgan fingerprint density at radius 3 is 2.67 bits per heavy atom. The minimum absolute atomic E-state index is 0.471. The lowest BCUT2D eigenvalue weighted by Gasteiger charge is -2.08. The third-order valence-electron chi connectivity index (χ3n) is 4.13. The quantitative estimate of drug-likeness (QED) is 0.424. The summed E-state index contributed by atoms with van der Waals surface area (Å²) in [6.45, 7) is 9.18. The molecular weight excluding hydrogens is 392 g/mol. The fourth-order valence-corrected chi connectivity index (χ4v) is 4.83. The summed E-state index contributed by atoms with van der Waals surface area (Å²) >= 11 is 8.15. The number of fused-ring (bicyclic) bond motifs is 3. The number of benzene rings is 1. The van der Waals surface area contributed by atoms with Gasteiger partial charge in [-0.2, -0.15) is 0 Å². The average molecular weight is 411 g/mol. The van der Waals surface area contributed by atoms with Crippen LogP contribution >= 0.6 is 22.9 Å². The molecular formula is C20H19ClN4SSi. The summed E-state index contributed by atoms with van der Waals surface area (Å²) in [4.78, 5) is 5.88. The highest BCUT2D eigenvalue weighted by Gasteiger charge is 2.25. The lowest BCUT2D eigenvalue weighted by molar-refractivity contribution is 0.869. The monoisotopic (exact) mass is 410 g/mol. The Kier molecular flexibility index (Phi) is 4.54. The van der Waals surface area contributed by atoms with Gasteiger partial charge in [0.1, 0.15) is 25.4 Å². The predicted molar refractivity (Wildman–Crippen MR) is 115 cm³/mol. The molecule has 0 fully saturated rings. The Bertz CT molecular complexity index is 1130. The zero-order valence-corrected chi connectivity index (χ0v) is 18.2. The van der Waals surface area contributed by atoms with Crippen LogP contribution in [0.3, 0.4) is 0 Å². The van der Waals surface area contributed by atoms with Crippen LogP contribution in [-0.4, -0.2) is 28.6 Å². The van der Waals surface area contributed by atoms with E-state index in [1.54, 1.807) is 11.3 Å². The number of nitrogens with zero attached hydrogens (tertiary/aromatic N) is 4. The average Bonchev–Trinajstić information content (AvgIpc) is 3.14. The van der Waals surface area contributed by atoms with Gasteiger partial charge in [-0.25, -0.2) is 0 Å². The molecule has 3 heterocycles. The molecule has 0 aliphatic carbocycles. The van der Waals surface area contributed by atoms with Crippen LogP contribution in [0, 0.1) is 18.4 Å². The SMILES string of the molecule is Cc1nnc2n1-c1sc(C#C[Si](C)(C)C)cc1C(c1ccccc1Cl)=NC2. The van der Waals surface area contributed by atoms with E-state index in [0.717, 1.165) is 38.4 Å². The van der Waals surface area contributed by atoms with Crippen LogP contribution in [0.4, 0.5) is 0 Å². The summed E-state index contributed by atoms with van der Waals surface area (Å²) in [6.07, 6.45) is 0. The summed E-state index contributed by atoms with van der Waals surface area (Å²) in [5.41, 5.74) is 6.31. The zero-order valence-electron chi connectivity index (χ0n) is 15.7. The second kappa shape index (κ2) is 6.75. The molecule has 0 radical (unpaired) electrons. The topological polar surface area (TPSA) is 43.1 Å². The molecule has 4 rings (SSSR count). The van der Waals surface area contributed by atoms with Crippen LogP contribution < -0.4 is 0 Å². The third kappa shape index (κ3) is 3.50. The van der Waals surface area contributed by atoms with E-state index in [1.807, 2.05) is 31.2 Å². The highest BCUT2D eigenvalue weighted by molar-refractivity contribution is 7.15. The number of aryl methyl sites for hydroxylation is 1. The van der Waals surface area contributed by atoms with Crippen molar-refractivity contribution in [3.8, 4) is 16.5 Å². The normalized spacial score (nSPS) is 13.1. The van der Waals surface area contributed by atoms with Gasteiger partial charge in [0.2, 0.25) is 0 Å². The molecule has 0 atom stereocenters. The van der Waals surface area contributed by atoms with Gasteiger partial charge in [-0.05, 0) is 19.1 Å². The Morgan fingerprint density at radius 2 is 1.93 bits per heavy atom. The maximum atomic E-state index is 6.49. The van der Waals surface area contributed by atoms with Crippen LogP contribution in [0.25, 0.3) is 5.00 Å². The van der Waals surface area contributed by atoms with E-state index in [0.29, 0.717) is 11.6 Å². The van der Waals surface area contributed by atoms with Gasteiger partial charge in [-0.15, -0.1) is 27.1 Å². The molecule has 2 aromatic heterocycles. The van der Waals surface area contributed by atoms with Gasteiger partial charge in [-0.1, -0.05) is 55.4 Å². The van der Waals surface area contributed by atoms with Gasteiger partial charge < -0.3 is 0 Å². The van der Waals surface area contributed by atoms with E-state index in [1.165, 1.54) is 0 Å². The maximum Gasteiger partial charge on any atom is 0.160 e. The number of hydrogen-bond acceptors (Lipinski definition) is 4. The molecule has 0 unspecified atom stereocenters. The summed E-state index contributed by atoms with van der Waals surface area (Å²) in [5, 5.41) is 10.3. The molecule has 3 aromatic rings. The van der Waals surface area contributed by atoms with E-state index in [9.17, 15) is 0 Å². The summed E-state index contributed by atoms with van der Waals surface area (Å²) in [6, 6.07) is 9.95. The van der Waals surface area contributed by atoms with Gasteiger partial charge >= 0.3 is 0 Å². The zero-order chi connectivity index (χ0) is 19.2. The van der Waals surface area contributed by atoms with Gasteiger partial charge in [0.05, 0.1) is 10.6 Å². The number of thiophene rings is 1. The van der Waals surface area contributed by atoms with E-state index in [-0.39, 0.29) is 0 Å².